The number of carbonyl (C=O) groups excluding carboxylic acids is 2. The minimum atomic E-state index is -1.12. The van der Waals surface area contributed by atoms with Crippen molar-refractivity contribution in [3.05, 3.63) is 28.2 Å². The van der Waals surface area contributed by atoms with E-state index in [1.807, 2.05) is 0 Å². The maximum Gasteiger partial charge on any atom is 0.352 e. The smallest absolute Gasteiger partial charge is 0.352 e. The Hall–Kier alpha value is -2.29. The number of β-lactam (4-membered cyclic amide) rings is 1. The van der Waals surface area contributed by atoms with Crippen LogP contribution >= 0.6 is 11.8 Å². The molecule has 0 radical (unpaired) electrons. The number of hydrogen-bond acceptors (Lipinski definition) is 5. The van der Waals surface area contributed by atoms with E-state index < -0.39 is 17.9 Å². The third-order valence-electron chi connectivity index (χ3n) is 4.38. The second-order valence-electron chi connectivity index (χ2n) is 5.96. The highest BCUT2D eigenvalue weighted by Crippen LogP contribution is 2.40. The van der Waals surface area contributed by atoms with Crippen LogP contribution in [0.1, 0.15) is 28.7 Å². The van der Waals surface area contributed by atoms with Crippen LogP contribution in [0.4, 0.5) is 0 Å². The first-order valence-corrected chi connectivity index (χ1v) is 8.47. The summed E-state index contributed by atoms with van der Waals surface area (Å²) >= 11 is 1.45. The predicted molar refractivity (Wildman–Crippen MR) is 87.4 cm³/mol. The van der Waals surface area contributed by atoms with Gasteiger partial charge >= 0.3 is 5.97 Å². The zero-order valence-corrected chi connectivity index (χ0v) is 14.6. The van der Waals surface area contributed by atoms with Gasteiger partial charge in [0.05, 0.1) is 11.3 Å². The highest BCUT2D eigenvalue weighted by Gasteiger charge is 2.53. The van der Waals surface area contributed by atoms with Crippen molar-refractivity contribution in [3.8, 4) is 0 Å². The molecule has 1 aromatic heterocycles. The van der Waals surface area contributed by atoms with Gasteiger partial charge in [0.25, 0.3) is 11.8 Å². The number of aromatic nitrogens is 2. The van der Waals surface area contributed by atoms with Gasteiger partial charge in [0.15, 0.2) is 0 Å². The van der Waals surface area contributed by atoms with E-state index in [9.17, 15) is 19.5 Å². The van der Waals surface area contributed by atoms with Gasteiger partial charge in [-0.25, -0.2) is 4.79 Å². The Morgan fingerprint density at radius 1 is 1.33 bits per heavy atom. The van der Waals surface area contributed by atoms with E-state index in [4.69, 9.17) is 0 Å². The van der Waals surface area contributed by atoms with E-state index in [-0.39, 0.29) is 17.0 Å². The van der Waals surface area contributed by atoms with E-state index in [1.54, 1.807) is 32.5 Å². The third kappa shape index (κ3) is 2.31. The summed E-state index contributed by atoms with van der Waals surface area (Å²) in [5.41, 5.74) is 2.44. The number of rotatable bonds is 3. The van der Waals surface area contributed by atoms with Gasteiger partial charge in [-0.15, -0.1) is 11.8 Å². The summed E-state index contributed by atoms with van der Waals surface area (Å²) in [6.45, 7) is 5.23. The van der Waals surface area contributed by atoms with Crippen molar-refractivity contribution in [1.29, 1.82) is 0 Å². The third-order valence-corrected chi connectivity index (χ3v) is 5.81. The molecule has 0 saturated carbocycles. The molecule has 2 atom stereocenters. The molecule has 0 spiro atoms. The van der Waals surface area contributed by atoms with Crippen LogP contribution in [0.3, 0.4) is 0 Å². The van der Waals surface area contributed by atoms with Crippen LogP contribution in [-0.4, -0.2) is 54.7 Å². The quantitative estimate of drug-likeness (QED) is 0.765. The molecule has 0 aromatic carbocycles. The molecule has 3 heterocycles. The van der Waals surface area contributed by atoms with Gasteiger partial charge in [-0.2, -0.15) is 5.10 Å². The first-order valence-electron chi connectivity index (χ1n) is 7.42. The highest BCUT2D eigenvalue weighted by atomic mass is 32.2. The summed E-state index contributed by atoms with van der Waals surface area (Å²) in [4.78, 5) is 37.6. The van der Waals surface area contributed by atoms with E-state index in [1.165, 1.54) is 16.7 Å². The van der Waals surface area contributed by atoms with Crippen molar-refractivity contribution in [2.45, 2.75) is 32.2 Å². The Morgan fingerprint density at radius 2 is 2.00 bits per heavy atom. The lowest BCUT2D eigenvalue weighted by atomic mass is 10.0. The number of amides is 2. The van der Waals surface area contributed by atoms with Crippen LogP contribution in [0, 0.1) is 13.8 Å². The van der Waals surface area contributed by atoms with E-state index >= 15 is 0 Å². The molecule has 0 aliphatic carbocycles. The van der Waals surface area contributed by atoms with Crippen LogP contribution in [0.25, 0.3) is 0 Å². The molecule has 8 nitrogen and oxygen atoms in total. The Bertz CT molecular complexity index is 798. The zero-order chi connectivity index (χ0) is 17.8. The highest BCUT2D eigenvalue weighted by molar-refractivity contribution is 8.00. The molecule has 2 aliphatic rings. The SMILES string of the molecule is CC1=C(C(=O)O)N2C(=O)[C@@H](NC(=O)c3c(C)nn(C)c3C)[C@H]2SC1. The van der Waals surface area contributed by atoms with Gasteiger partial charge in [-0.1, -0.05) is 0 Å². The number of aryl methyl sites for hydroxylation is 2. The number of carboxylic acid groups (broad SMARTS) is 1. The lowest BCUT2D eigenvalue weighted by Gasteiger charge is -2.49. The summed E-state index contributed by atoms with van der Waals surface area (Å²) < 4.78 is 1.61. The molecule has 2 aliphatic heterocycles. The van der Waals surface area contributed by atoms with E-state index in [0.29, 0.717) is 28.3 Å². The molecular formula is C15H18N4O4S. The molecule has 24 heavy (non-hydrogen) atoms. The van der Waals surface area contributed by atoms with Crippen LogP contribution in [-0.2, 0) is 16.6 Å². The number of fused-ring (bicyclic) bond motifs is 1. The topological polar surface area (TPSA) is 105 Å². The van der Waals surface area contributed by atoms with Crippen molar-refractivity contribution in [1.82, 2.24) is 20.0 Å². The minimum absolute atomic E-state index is 0.0305. The Balaban J connectivity index is 1.81. The maximum absolute atomic E-state index is 12.5. The second-order valence-corrected chi connectivity index (χ2v) is 7.07. The summed E-state index contributed by atoms with van der Waals surface area (Å²) in [7, 11) is 1.75. The summed E-state index contributed by atoms with van der Waals surface area (Å²) in [6.07, 6.45) is 0. The molecule has 9 heteroatoms. The molecule has 2 N–H and O–H groups in total. The van der Waals surface area contributed by atoms with Crippen LogP contribution in [0.2, 0.25) is 0 Å². The van der Waals surface area contributed by atoms with Gasteiger partial charge < -0.3 is 10.4 Å². The number of thioether (sulfide) groups is 1. The first-order chi connectivity index (χ1) is 11.2. The Kier molecular flexibility index (Phi) is 3.90. The summed E-state index contributed by atoms with van der Waals surface area (Å²) in [5.74, 6) is -1.35. The number of aliphatic carboxylic acids is 1. The largest absolute Gasteiger partial charge is 0.477 e. The maximum atomic E-state index is 12.5. The lowest BCUT2D eigenvalue weighted by molar-refractivity contribution is -0.148. The fourth-order valence-electron chi connectivity index (χ4n) is 3.09. The number of nitrogens with one attached hydrogen (secondary N) is 1. The molecule has 0 unspecified atom stereocenters. The fourth-order valence-corrected chi connectivity index (χ4v) is 4.38. The molecule has 128 valence electrons. The molecule has 0 bridgehead atoms. The van der Waals surface area contributed by atoms with Gasteiger partial charge in [0.2, 0.25) is 0 Å². The van der Waals surface area contributed by atoms with Gasteiger partial charge in [-0.05, 0) is 26.3 Å². The number of nitrogens with zero attached hydrogens (tertiary/aromatic N) is 3. The van der Waals surface area contributed by atoms with Gasteiger partial charge in [0, 0.05) is 18.5 Å². The standard InChI is InChI=1S/C15H18N4O4S/c1-6-5-24-14-10(13(21)19(14)11(6)15(22)23)16-12(20)9-7(2)17-18(4)8(9)3/h10,14H,5H2,1-4H3,(H,16,20)(H,22,23)/t10-,14-/m1/s1. The molecule has 1 saturated heterocycles. The summed E-state index contributed by atoms with van der Waals surface area (Å²) in [5, 5.41) is 15.9. The fraction of sp³-hybridized carbons (Fsp3) is 0.467. The van der Waals surface area contributed by atoms with Crippen molar-refractivity contribution in [2.75, 3.05) is 5.75 Å². The number of carbonyl (C=O) groups is 3. The molecule has 2 amide bonds. The number of hydrogen-bond donors (Lipinski definition) is 2. The predicted octanol–water partition coefficient (Wildman–Crippen LogP) is 0.409. The Labute approximate surface area is 142 Å². The van der Waals surface area contributed by atoms with Crippen molar-refractivity contribution < 1.29 is 19.5 Å². The zero-order valence-electron chi connectivity index (χ0n) is 13.8. The average Bonchev–Trinajstić information content (AvgIpc) is 2.76. The van der Waals surface area contributed by atoms with Crippen LogP contribution in [0.5, 0.6) is 0 Å². The molecule has 3 rings (SSSR count). The van der Waals surface area contributed by atoms with Crippen molar-refractivity contribution in [3.63, 3.8) is 0 Å². The number of carboxylic acids is 1. The van der Waals surface area contributed by atoms with Crippen molar-refractivity contribution >= 4 is 29.5 Å². The van der Waals surface area contributed by atoms with Gasteiger partial charge in [-0.3, -0.25) is 19.2 Å². The monoisotopic (exact) mass is 350 g/mol. The first kappa shape index (κ1) is 16.6. The van der Waals surface area contributed by atoms with E-state index in [2.05, 4.69) is 10.4 Å². The van der Waals surface area contributed by atoms with Crippen molar-refractivity contribution in [2.24, 2.45) is 7.05 Å². The summed E-state index contributed by atoms with van der Waals surface area (Å²) in [6, 6.07) is -0.719. The Morgan fingerprint density at radius 3 is 2.54 bits per heavy atom. The average molecular weight is 350 g/mol. The molecule has 1 aromatic rings. The minimum Gasteiger partial charge on any atom is -0.477 e. The van der Waals surface area contributed by atoms with Gasteiger partial charge in [0.1, 0.15) is 17.1 Å². The molecular weight excluding hydrogens is 332 g/mol. The van der Waals surface area contributed by atoms with E-state index in [0.717, 1.165) is 0 Å². The lowest BCUT2D eigenvalue weighted by Crippen LogP contribution is -2.70. The van der Waals surface area contributed by atoms with Crippen LogP contribution < -0.4 is 5.32 Å². The normalized spacial score (nSPS) is 23.0. The van der Waals surface area contributed by atoms with Crippen LogP contribution in [0.15, 0.2) is 11.3 Å². The second kappa shape index (κ2) is 5.66. The molecule has 1 fully saturated rings.